The molecule has 1 N–H and O–H groups in total. The van der Waals surface area contributed by atoms with Crippen LogP contribution in [0.15, 0.2) is 30.3 Å². The van der Waals surface area contributed by atoms with Gasteiger partial charge in [-0.2, -0.15) is 0 Å². The molecule has 3 atom stereocenters. The monoisotopic (exact) mass is 286 g/mol. The second-order valence-electron chi connectivity index (χ2n) is 6.87. The molecule has 0 bridgehead atoms. The van der Waals surface area contributed by atoms with Crippen LogP contribution >= 0.6 is 0 Å². The van der Waals surface area contributed by atoms with Crippen molar-refractivity contribution in [2.45, 2.75) is 45.1 Å². The summed E-state index contributed by atoms with van der Waals surface area (Å²) < 4.78 is 0. The maximum Gasteiger partial charge on any atom is 0.0449 e. The Morgan fingerprint density at radius 1 is 1.10 bits per heavy atom. The molecule has 0 radical (unpaired) electrons. The Morgan fingerprint density at radius 2 is 1.86 bits per heavy atom. The number of hydrogen-bond acceptors (Lipinski definition) is 2. The summed E-state index contributed by atoms with van der Waals surface area (Å²) in [6, 6.07) is 11.4. The van der Waals surface area contributed by atoms with Crippen molar-refractivity contribution in [2.75, 3.05) is 26.2 Å². The molecule has 3 rings (SSSR count). The average molecular weight is 286 g/mol. The van der Waals surface area contributed by atoms with Gasteiger partial charge in [0.2, 0.25) is 0 Å². The highest BCUT2D eigenvalue weighted by Gasteiger charge is 2.31. The highest BCUT2D eigenvalue weighted by atomic mass is 15.2. The van der Waals surface area contributed by atoms with Gasteiger partial charge in [-0.3, -0.25) is 0 Å². The molecule has 0 spiro atoms. The average Bonchev–Trinajstić information content (AvgIpc) is 2.55. The van der Waals surface area contributed by atoms with E-state index in [9.17, 15) is 0 Å². The van der Waals surface area contributed by atoms with Crippen LogP contribution in [0, 0.1) is 11.8 Å². The maximum atomic E-state index is 3.68. The molecule has 1 saturated heterocycles. The molecular weight excluding hydrogens is 256 g/mol. The number of nitrogens with one attached hydrogen (secondary N) is 1. The number of fused-ring (bicyclic) bond motifs is 1. The fourth-order valence-corrected chi connectivity index (χ4v) is 4.32. The summed E-state index contributed by atoms with van der Waals surface area (Å²) in [7, 11) is 0. The Morgan fingerprint density at radius 3 is 2.62 bits per heavy atom. The minimum absolute atomic E-state index is 0.483. The molecule has 1 aromatic rings. The molecule has 1 aliphatic heterocycles. The first kappa shape index (κ1) is 15.1. The van der Waals surface area contributed by atoms with Crippen molar-refractivity contribution < 1.29 is 0 Å². The highest BCUT2D eigenvalue weighted by molar-refractivity contribution is 5.19. The second-order valence-corrected chi connectivity index (χ2v) is 6.87. The molecular formula is C19H30N2. The van der Waals surface area contributed by atoms with E-state index in [0.29, 0.717) is 6.04 Å². The van der Waals surface area contributed by atoms with Gasteiger partial charge in [-0.05, 0) is 43.3 Å². The normalized spacial score (nSPS) is 28.0. The third-order valence-corrected chi connectivity index (χ3v) is 5.47. The van der Waals surface area contributed by atoms with Crippen molar-refractivity contribution >= 4 is 0 Å². The quantitative estimate of drug-likeness (QED) is 0.884. The van der Waals surface area contributed by atoms with Gasteiger partial charge in [0.1, 0.15) is 0 Å². The summed E-state index contributed by atoms with van der Waals surface area (Å²) >= 11 is 0. The number of piperidine rings is 1. The van der Waals surface area contributed by atoms with Crippen LogP contribution in [-0.4, -0.2) is 31.1 Å². The molecule has 0 amide bonds. The molecule has 2 fully saturated rings. The van der Waals surface area contributed by atoms with E-state index < -0.39 is 0 Å². The van der Waals surface area contributed by atoms with Crippen LogP contribution in [0.4, 0.5) is 0 Å². The smallest absolute Gasteiger partial charge is 0.0449 e. The molecule has 1 saturated carbocycles. The fraction of sp³-hybridized carbons (Fsp3) is 0.684. The maximum absolute atomic E-state index is 3.68. The first-order valence-corrected chi connectivity index (χ1v) is 8.87. The van der Waals surface area contributed by atoms with Gasteiger partial charge in [0.15, 0.2) is 0 Å². The van der Waals surface area contributed by atoms with Crippen molar-refractivity contribution in [1.82, 2.24) is 10.2 Å². The Bertz CT molecular complexity index is 417. The molecule has 2 nitrogen and oxygen atoms in total. The lowest BCUT2D eigenvalue weighted by atomic mass is 9.75. The molecule has 21 heavy (non-hydrogen) atoms. The molecule has 1 aliphatic carbocycles. The van der Waals surface area contributed by atoms with Crippen LogP contribution in [-0.2, 0) is 0 Å². The van der Waals surface area contributed by atoms with E-state index in [2.05, 4.69) is 47.5 Å². The lowest BCUT2D eigenvalue weighted by molar-refractivity contribution is 0.0799. The van der Waals surface area contributed by atoms with E-state index in [1.165, 1.54) is 57.3 Å². The first-order valence-electron chi connectivity index (χ1n) is 8.87. The molecule has 1 aromatic carbocycles. The number of nitrogens with zero attached hydrogens (tertiary/aromatic N) is 1. The summed E-state index contributed by atoms with van der Waals surface area (Å²) in [6.07, 6.45) is 7.33. The Balaban J connectivity index is 1.61. The summed E-state index contributed by atoms with van der Waals surface area (Å²) in [6.45, 7) is 7.05. The largest absolute Gasteiger partial charge is 0.309 e. The standard InChI is InChI=1S/C19H30N2/c1-2-20-19(17-9-4-3-5-10-17)15-21-13-12-16-8-6-7-11-18(16)14-21/h3-5,9-10,16,18-20H,2,6-8,11-15H2,1H3. The molecule has 2 heteroatoms. The van der Waals surface area contributed by atoms with Crippen molar-refractivity contribution in [1.29, 1.82) is 0 Å². The van der Waals surface area contributed by atoms with Gasteiger partial charge in [-0.25, -0.2) is 0 Å². The highest BCUT2D eigenvalue weighted by Crippen LogP contribution is 2.36. The van der Waals surface area contributed by atoms with Crippen molar-refractivity contribution in [3.05, 3.63) is 35.9 Å². The minimum Gasteiger partial charge on any atom is -0.309 e. The van der Waals surface area contributed by atoms with Gasteiger partial charge in [0, 0.05) is 19.1 Å². The fourth-order valence-electron chi connectivity index (χ4n) is 4.32. The molecule has 2 aliphatic rings. The summed E-state index contributed by atoms with van der Waals surface area (Å²) in [5.41, 5.74) is 1.44. The second kappa shape index (κ2) is 7.42. The number of hydrogen-bond donors (Lipinski definition) is 1. The number of likely N-dealkylation sites (tertiary alicyclic amines) is 1. The van der Waals surface area contributed by atoms with Gasteiger partial charge in [0.05, 0.1) is 0 Å². The van der Waals surface area contributed by atoms with Crippen molar-refractivity contribution in [3.8, 4) is 0 Å². The van der Waals surface area contributed by atoms with E-state index in [1.807, 2.05) is 0 Å². The van der Waals surface area contributed by atoms with Gasteiger partial charge >= 0.3 is 0 Å². The molecule has 0 aromatic heterocycles. The summed E-state index contributed by atoms with van der Waals surface area (Å²) in [5.74, 6) is 2.01. The molecule has 116 valence electrons. The lowest BCUT2D eigenvalue weighted by Crippen LogP contribution is -2.45. The van der Waals surface area contributed by atoms with Crippen LogP contribution in [0.1, 0.15) is 50.6 Å². The zero-order valence-corrected chi connectivity index (χ0v) is 13.4. The van der Waals surface area contributed by atoms with E-state index in [4.69, 9.17) is 0 Å². The Kier molecular flexibility index (Phi) is 5.32. The zero-order valence-electron chi connectivity index (χ0n) is 13.4. The number of benzene rings is 1. The van der Waals surface area contributed by atoms with Crippen molar-refractivity contribution in [3.63, 3.8) is 0 Å². The van der Waals surface area contributed by atoms with Gasteiger partial charge in [0.25, 0.3) is 0 Å². The van der Waals surface area contributed by atoms with Gasteiger partial charge < -0.3 is 10.2 Å². The number of rotatable bonds is 5. The Hall–Kier alpha value is -0.860. The predicted octanol–water partition coefficient (Wildman–Crippen LogP) is 3.85. The summed E-state index contributed by atoms with van der Waals surface area (Å²) in [4.78, 5) is 2.72. The van der Waals surface area contributed by atoms with E-state index in [-0.39, 0.29) is 0 Å². The van der Waals surface area contributed by atoms with Crippen LogP contribution < -0.4 is 5.32 Å². The molecule has 3 unspecified atom stereocenters. The van der Waals surface area contributed by atoms with Crippen LogP contribution in [0.2, 0.25) is 0 Å². The third-order valence-electron chi connectivity index (χ3n) is 5.47. The van der Waals surface area contributed by atoms with Gasteiger partial charge in [-0.1, -0.05) is 56.5 Å². The Labute approximate surface area is 129 Å². The zero-order chi connectivity index (χ0) is 14.5. The SMILES string of the molecule is CCNC(CN1CCC2CCCCC2C1)c1ccccc1. The number of likely N-dealkylation sites (N-methyl/N-ethyl adjacent to an activating group) is 1. The lowest BCUT2D eigenvalue weighted by Gasteiger charge is -2.42. The van der Waals surface area contributed by atoms with E-state index >= 15 is 0 Å². The first-order chi connectivity index (χ1) is 10.4. The topological polar surface area (TPSA) is 15.3 Å². The predicted molar refractivity (Wildman–Crippen MR) is 89.4 cm³/mol. The molecule has 1 heterocycles. The van der Waals surface area contributed by atoms with Crippen LogP contribution in [0.5, 0.6) is 0 Å². The van der Waals surface area contributed by atoms with E-state index in [1.54, 1.807) is 0 Å². The minimum atomic E-state index is 0.483. The van der Waals surface area contributed by atoms with E-state index in [0.717, 1.165) is 18.4 Å². The third kappa shape index (κ3) is 3.87. The van der Waals surface area contributed by atoms with Gasteiger partial charge in [-0.15, -0.1) is 0 Å². The van der Waals surface area contributed by atoms with Crippen LogP contribution in [0.3, 0.4) is 0 Å². The van der Waals surface area contributed by atoms with Crippen LogP contribution in [0.25, 0.3) is 0 Å². The summed E-state index contributed by atoms with van der Waals surface area (Å²) in [5, 5.41) is 3.68. The van der Waals surface area contributed by atoms with Crippen molar-refractivity contribution in [2.24, 2.45) is 11.8 Å².